The Balaban J connectivity index is 1.53. The molecular weight excluding hydrogens is 396 g/mol. The number of benzene rings is 1. The molecule has 0 aromatic heterocycles. The molecule has 2 amide bonds. The maximum Gasteiger partial charge on any atom is 0.410 e. The number of carbonyl (C=O) groups is 2. The first-order chi connectivity index (χ1) is 13.9. The summed E-state index contributed by atoms with van der Waals surface area (Å²) < 4.78 is 31.9. The van der Waals surface area contributed by atoms with Crippen LogP contribution in [0.2, 0.25) is 0 Å². The lowest BCUT2D eigenvalue weighted by Gasteiger charge is -2.31. The van der Waals surface area contributed by atoms with Gasteiger partial charge < -0.3 is 15.0 Å². The highest BCUT2D eigenvalue weighted by atomic mass is 32.2. The van der Waals surface area contributed by atoms with Crippen molar-refractivity contribution in [3.8, 4) is 0 Å². The van der Waals surface area contributed by atoms with Crippen LogP contribution in [0.3, 0.4) is 0 Å². The number of quaternary nitrogens is 1. The highest BCUT2D eigenvalue weighted by molar-refractivity contribution is 7.89. The number of ether oxygens (including phenoxy) is 1. The summed E-state index contributed by atoms with van der Waals surface area (Å²) in [5.74, 6) is -0.180. The van der Waals surface area contributed by atoms with Gasteiger partial charge in [-0.3, -0.25) is 9.69 Å². The van der Waals surface area contributed by atoms with Gasteiger partial charge in [-0.2, -0.15) is 4.31 Å². The van der Waals surface area contributed by atoms with E-state index in [1.807, 2.05) is 0 Å². The van der Waals surface area contributed by atoms with E-state index in [-0.39, 0.29) is 23.4 Å². The Morgan fingerprint density at radius 1 is 1.14 bits per heavy atom. The maximum atomic E-state index is 12.7. The molecule has 1 aromatic carbocycles. The summed E-state index contributed by atoms with van der Waals surface area (Å²) in [5.41, 5.74) is 0.472. The van der Waals surface area contributed by atoms with Gasteiger partial charge in [0.15, 0.2) is 6.54 Å². The van der Waals surface area contributed by atoms with Crippen molar-refractivity contribution < 1.29 is 27.6 Å². The molecule has 0 saturated carbocycles. The van der Waals surface area contributed by atoms with Crippen LogP contribution in [-0.4, -0.2) is 82.0 Å². The summed E-state index contributed by atoms with van der Waals surface area (Å²) >= 11 is 0. The van der Waals surface area contributed by atoms with Crippen LogP contribution >= 0.6 is 0 Å². The van der Waals surface area contributed by atoms with Gasteiger partial charge in [-0.15, -0.1) is 0 Å². The SMILES string of the molecule is CCOC(=O)N1CC[NH+](CC(=O)Nc2cccc(S(=O)(=O)N3CCCC3)c2)CC1. The van der Waals surface area contributed by atoms with Crippen LogP contribution in [0.5, 0.6) is 0 Å². The van der Waals surface area contributed by atoms with E-state index >= 15 is 0 Å². The van der Waals surface area contributed by atoms with Crippen LogP contribution in [0.15, 0.2) is 29.2 Å². The van der Waals surface area contributed by atoms with Crippen molar-refractivity contribution in [3.63, 3.8) is 0 Å². The molecule has 2 N–H and O–H groups in total. The number of piperazine rings is 1. The highest BCUT2D eigenvalue weighted by Gasteiger charge is 2.28. The molecule has 2 heterocycles. The van der Waals surface area contributed by atoms with E-state index in [0.717, 1.165) is 17.7 Å². The molecule has 0 radical (unpaired) electrons. The fraction of sp³-hybridized carbons (Fsp3) is 0.579. The predicted octanol–water partition coefficient (Wildman–Crippen LogP) is -0.233. The Morgan fingerprint density at radius 3 is 2.48 bits per heavy atom. The molecule has 2 saturated heterocycles. The minimum atomic E-state index is -3.52. The standard InChI is InChI=1S/C19H28N4O5S/c1-2-28-19(25)22-12-10-21(11-13-22)15-18(24)20-16-6-5-7-17(14-16)29(26,27)23-8-3-4-9-23/h5-7,14H,2-4,8-13,15H2,1H3,(H,20,24)/p+1. The average molecular weight is 426 g/mol. The molecule has 1 aromatic rings. The van der Waals surface area contributed by atoms with E-state index in [0.29, 0.717) is 51.6 Å². The van der Waals surface area contributed by atoms with Crippen LogP contribution < -0.4 is 10.2 Å². The first-order valence-electron chi connectivity index (χ1n) is 10.1. The number of sulfonamides is 1. The van der Waals surface area contributed by atoms with Gasteiger partial charge in [-0.1, -0.05) is 6.07 Å². The minimum absolute atomic E-state index is 0.180. The number of hydrogen-bond acceptors (Lipinski definition) is 5. The van der Waals surface area contributed by atoms with Gasteiger partial charge in [0.2, 0.25) is 10.0 Å². The van der Waals surface area contributed by atoms with E-state index in [1.165, 1.54) is 10.4 Å². The molecule has 0 aliphatic carbocycles. The average Bonchev–Trinajstić information content (AvgIpc) is 3.24. The molecule has 29 heavy (non-hydrogen) atoms. The van der Waals surface area contributed by atoms with Crippen molar-refractivity contribution in [2.45, 2.75) is 24.7 Å². The van der Waals surface area contributed by atoms with Crippen LogP contribution in [0.4, 0.5) is 10.5 Å². The normalized spacial score (nSPS) is 18.6. The second-order valence-corrected chi connectivity index (χ2v) is 9.24. The van der Waals surface area contributed by atoms with E-state index in [9.17, 15) is 18.0 Å². The van der Waals surface area contributed by atoms with Gasteiger partial charge >= 0.3 is 6.09 Å². The third-order valence-electron chi connectivity index (χ3n) is 5.23. The first-order valence-corrected chi connectivity index (χ1v) is 11.5. The van der Waals surface area contributed by atoms with E-state index < -0.39 is 10.0 Å². The molecule has 0 bridgehead atoms. The van der Waals surface area contributed by atoms with E-state index in [2.05, 4.69) is 5.32 Å². The number of hydrogen-bond donors (Lipinski definition) is 2. The van der Waals surface area contributed by atoms with Gasteiger partial charge in [0.1, 0.15) is 0 Å². The van der Waals surface area contributed by atoms with Crippen molar-refractivity contribution in [1.82, 2.24) is 9.21 Å². The predicted molar refractivity (Wildman–Crippen MR) is 107 cm³/mol. The first kappa shape index (κ1) is 21.5. The molecule has 9 nitrogen and oxygen atoms in total. The topological polar surface area (TPSA) is 100 Å². The van der Waals surface area contributed by atoms with Crippen molar-refractivity contribution in [3.05, 3.63) is 24.3 Å². The number of amides is 2. The molecule has 0 spiro atoms. The quantitative estimate of drug-likeness (QED) is 0.656. The second-order valence-electron chi connectivity index (χ2n) is 7.30. The Morgan fingerprint density at radius 2 is 1.83 bits per heavy atom. The molecule has 0 atom stereocenters. The Hall–Kier alpha value is -2.17. The number of anilines is 1. The third-order valence-corrected chi connectivity index (χ3v) is 7.12. The van der Waals surface area contributed by atoms with Crippen LogP contribution in [-0.2, 0) is 19.6 Å². The molecule has 3 rings (SSSR count). The van der Waals surface area contributed by atoms with Gasteiger partial charge in [0, 0.05) is 18.8 Å². The fourth-order valence-electron chi connectivity index (χ4n) is 3.64. The Bertz CT molecular complexity index is 831. The van der Waals surface area contributed by atoms with Gasteiger partial charge in [0.25, 0.3) is 5.91 Å². The zero-order valence-electron chi connectivity index (χ0n) is 16.7. The summed E-state index contributed by atoms with van der Waals surface area (Å²) in [7, 11) is -3.52. The monoisotopic (exact) mass is 425 g/mol. The number of carbonyl (C=O) groups excluding carboxylic acids is 2. The maximum absolute atomic E-state index is 12.7. The summed E-state index contributed by atoms with van der Waals surface area (Å²) in [6.07, 6.45) is 1.44. The van der Waals surface area contributed by atoms with Gasteiger partial charge in [0.05, 0.1) is 37.7 Å². The summed E-state index contributed by atoms with van der Waals surface area (Å²) in [5, 5.41) is 2.80. The number of rotatable bonds is 6. The lowest BCUT2D eigenvalue weighted by Crippen LogP contribution is -3.15. The molecule has 2 fully saturated rings. The fourth-order valence-corrected chi connectivity index (χ4v) is 5.20. The largest absolute Gasteiger partial charge is 0.450 e. The van der Waals surface area contributed by atoms with Crippen molar-refractivity contribution >= 4 is 27.7 Å². The lowest BCUT2D eigenvalue weighted by atomic mass is 10.3. The highest BCUT2D eigenvalue weighted by Crippen LogP contribution is 2.23. The van der Waals surface area contributed by atoms with Crippen molar-refractivity contribution in [2.75, 3.05) is 57.7 Å². The van der Waals surface area contributed by atoms with Crippen molar-refractivity contribution in [1.29, 1.82) is 0 Å². The van der Waals surface area contributed by atoms with E-state index in [4.69, 9.17) is 4.74 Å². The zero-order valence-corrected chi connectivity index (χ0v) is 17.5. The van der Waals surface area contributed by atoms with E-state index in [1.54, 1.807) is 30.0 Å². The molecule has 10 heteroatoms. The molecule has 160 valence electrons. The molecule has 0 unspecified atom stereocenters. The Kier molecular flexibility index (Phi) is 7.09. The molecule has 2 aliphatic heterocycles. The van der Waals surface area contributed by atoms with Gasteiger partial charge in [-0.25, -0.2) is 13.2 Å². The van der Waals surface area contributed by atoms with Gasteiger partial charge in [-0.05, 0) is 38.0 Å². The van der Waals surface area contributed by atoms with Crippen LogP contribution in [0, 0.1) is 0 Å². The molecule has 2 aliphatic rings. The van der Waals surface area contributed by atoms with Crippen LogP contribution in [0.25, 0.3) is 0 Å². The Labute approximate surface area is 171 Å². The minimum Gasteiger partial charge on any atom is -0.450 e. The number of nitrogens with one attached hydrogen (secondary N) is 2. The van der Waals surface area contributed by atoms with Crippen LogP contribution in [0.1, 0.15) is 19.8 Å². The number of nitrogens with zero attached hydrogens (tertiary/aromatic N) is 2. The molecular formula is C19H29N4O5S+. The smallest absolute Gasteiger partial charge is 0.410 e. The summed E-state index contributed by atoms with van der Waals surface area (Å²) in [6.45, 7) is 5.89. The lowest BCUT2D eigenvalue weighted by molar-refractivity contribution is -0.895. The van der Waals surface area contributed by atoms with Crippen molar-refractivity contribution in [2.24, 2.45) is 0 Å². The second kappa shape index (κ2) is 9.55. The summed E-state index contributed by atoms with van der Waals surface area (Å²) in [6, 6.07) is 6.40. The third kappa shape index (κ3) is 5.46. The summed E-state index contributed by atoms with van der Waals surface area (Å²) in [4.78, 5) is 27.1. The zero-order chi connectivity index (χ0) is 20.9.